The van der Waals surface area contributed by atoms with Crippen molar-refractivity contribution in [3.8, 4) is 11.5 Å². The molecular formula is C21H21NO3S. The number of aryl methyl sites for hydroxylation is 1. The average molecular weight is 367 g/mol. The number of benzene rings is 2. The third kappa shape index (κ3) is 3.89. The second-order valence-electron chi connectivity index (χ2n) is 5.89. The summed E-state index contributed by atoms with van der Waals surface area (Å²) in [5, 5.41) is 5.09. The van der Waals surface area contributed by atoms with E-state index in [0.29, 0.717) is 0 Å². The number of ether oxygens (including phenoxy) is 2. The predicted molar refractivity (Wildman–Crippen MR) is 104 cm³/mol. The summed E-state index contributed by atoms with van der Waals surface area (Å²) in [5.74, 6) is 1.49. The molecule has 0 aliphatic heterocycles. The van der Waals surface area contributed by atoms with Crippen molar-refractivity contribution in [2.75, 3.05) is 14.2 Å². The fourth-order valence-electron chi connectivity index (χ4n) is 2.75. The van der Waals surface area contributed by atoms with Gasteiger partial charge in [-0.05, 0) is 59.3 Å². The number of nitrogens with one attached hydrogen (secondary N) is 1. The molecule has 0 saturated carbocycles. The van der Waals surface area contributed by atoms with E-state index >= 15 is 0 Å². The van der Waals surface area contributed by atoms with Crippen LogP contribution in [0.15, 0.2) is 60.0 Å². The Balaban J connectivity index is 1.94. The molecule has 134 valence electrons. The highest BCUT2D eigenvalue weighted by atomic mass is 32.1. The van der Waals surface area contributed by atoms with Gasteiger partial charge in [-0.1, -0.05) is 24.3 Å². The Morgan fingerprint density at radius 3 is 1.77 bits per heavy atom. The summed E-state index contributed by atoms with van der Waals surface area (Å²) in [6.45, 7) is 1.95. The van der Waals surface area contributed by atoms with Crippen LogP contribution in [0.5, 0.6) is 11.5 Å². The number of amides is 1. The molecule has 5 heteroatoms. The number of thiophene rings is 1. The van der Waals surface area contributed by atoms with Gasteiger partial charge in [0.15, 0.2) is 0 Å². The Bertz CT molecular complexity index is 822. The highest BCUT2D eigenvalue weighted by Gasteiger charge is 2.20. The van der Waals surface area contributed by atoms with Gasteiger partial charge < -0.3 is 14.8 Å². The highest BCUT2D eigenvalue weighted by molar-refractivity contribution is 7.12. The molecule has 0 spiro atoms. The molecule has 0 fully saturated rings. The van der Waals surface area contributed by atoms with Crippen LogP contribution in [0.25, 0.3) is 0 Å². The summed E-state index contributed by atoms with van der Waals surface area (Å²) in [5.41, 5.74) is 2.95. The Morgan fingerprint density at radius 1 is 0.885 bits per heavy atom. The third-order valence-electron chi connectivity index (χ3n) is 4.24. The first-order chi connectivity index (χ1) is 12.6. The summed E-state index contributed by atoms with van der Waals surface area (Å²) in [7, 11) is 3.27. The van der Waals surface area contributed by atoms with E-state index in [-0.39, 0.29) is 11.9 Å². The lowest BCUT2D eigenvalue weighted by molar-refractivity contribution is 0.0946. The van der Waals surface area contributed by atoms with Crippen LogP contribution >= 0.6 is 11.3 Å². The molecule has 0 radical (unpaired) electrons. The molecule has 0 bridgehead atoms. The lowest BCUT2D eigenvalue weighted by Crippen LogP contribution is -2.29. The summed E-state index contributed by atoms with van der Waals surface area (Å²) in [6, 6.07) is 17.1. The van der Waals surface area contributed by atoms with Crippen molar-refractivity contribution in [2.45, 2.75) is 13.0 Å². The Labute approximate surface area is 157 Å². The molecule has 1 amide bonds. The zero-order valence-electron chi connectivity index (χ0n) is 15.0. The molecule has 0 unspecified atom stereocenters. The standard InChI is InChI=1S/C21H21NO3S/c1-14-12-13-26-20(14)21(23)22-19(15-4-8-17(24-2)9-5-15)16-6-10-18(25-3)11-7-16/h4-13,19H,1-3H3,(H,22,23). The van der Waals surface area contributed by atoms with E-state index in [0.717, 1.165) is 33.1 Å². The number of carbonyl (C=O) groups excluding carboxylic acids is 1. The van der Waals surface area contributed by atoms with E-state index in [4.69, 9.17) is 9.47 Å². The number of hydrogen-bond donors (Lipinski definition) is 1. The topological polar surface area (TPSA) is 47.6 Å². The van der Waals surface area contributed by atoms with Crippen LogP contribution in [0.2, 0.25) is 0 Å². The van der Waals surface area contributed by atoms with Crippen molar-refractivity contribution >= 4 is 17.2 Å². The Kier molecular flexibility index (Phi) is 5.58. The van der Waals surface area contributed by atoms with Gasteiger partial charge in [0.2, 0.25) is 0 Å². The van der Waals surface area contributed by atoms with Crippen LogP contribution in [0.1, 0.15) is 32.4 Å². The van der Waals surface area contributed by atoms with Gasteiger partial charge >= 0.3 is 0 Å². The number of carbonyl (C=O) groups is 1. The van der Waals surface area contributed by atoms with Crippen LogP contribution in [0.3, 0.4) is 0 Å². The maximum Gasteiger partial charge on any atom is 0.262 e. The quantitative estimate of drug-likeness (QED) is 0.693. The molecule has 0 aliphatic carbocycles. The van der Waals surface area contributed by atoms with E-state index in [1.54, 1.807) is 14.2 Å². The number of methoxy groups -OCH3 is 2. The molecule has 0 saturated heterocycles. The smallest absolute Gasteiger partial charge is 0.262 e. The maximum atomic E-state index is 12.8. The molecule has 1 heterocycles. The monoisotopic (exact) mass is 367 g/mol. The third-order valence-corrected chi connectivity index (χ3v) is 5.26. The largest absolute Gasteiger partial charge is 0.497 e. The summed E-state index contributed by atoms with van der Waals surface area (Å²) >= 11 is 1.45. The van der Waals surface area contributed by atoms with Crippen molar-refractivity contribution in [2.24, 2.45) is 0 Å². The van der Waals surface area contributed by atoms with Gasteiger partial charge in [0.1, 0.15) is 11.5 Å². The van der Waals surface area contributed by atoms with Crippen molar-refractivity contribution < 1.29 is 14.3 Å². The minimum Gasteiger partial charge on any atom is -0.497 e. The van der Waals surface area contributed by atoms with E-state index in [9.17, 15) is 4.79 Å². The summed E-state index contributed by atoms with van der Waals surface area (Å²) < 4.78 is 10.5. The molecular weight excluding hydrogens is 346 g/mol. The van der Waals surface area contributed by atoms with Gasteiger partial charge in [0, 0.05) is 0 Å². The van der Waals surface area contributed by atoms with E-state index in [1.165, 1.54) is 11.3 Å². The highest BCUT2D eigenvalue weighted by Crippen LogP contribution is 2.27. The van der Waals surface area contributed by atoms with Crippen LogP contribution in [0, 0.1) is 6.92 Å². The molecule has 3 aromatic rings. The van der Waals surface area contributed by atoms with E-state index < -0.39 is 0 Å². The first-order valence-electron chi connectivity index (χ1n) is 8.25. The Morgan fingerprint density at radius 2 is 1.38 bits per heavy atom. The normalized spacial score (nSPS) is 10.6. The lowest BCUT2D eigenvalue weighted by atomic mass is 9.98. The molecule has 1 N–H and O–H groups in total. The number of rotatable bonds is 6. The second kappa shape index (κ2) is 8.06. The second-order valence-corrected chi connectivity index (χ2v) is 6.80. The molecule has 3 rings (SSSR count). The SMILES string of the molecule is COc1ccc(C(NC(=O)c2sccc2C)c2ccc(OC)cc2)cc1. The van der Waals surface area contributed by atoms with Crippen LogP contribution in [0.4, 0.5) is 0 Å². The van der Waals surface area contributed by atoms with Crippen LogP contribution in [-0.4, -0.2) is 20.1 Å². The van der Waals surface area contributed by atoms with Crippen LogP contribution in [-0.2, 0) is 0 Å². The van der Waals surface area contributed by atoms with Crippen molar-refractivity contribution in [1.29, 1.82) is 0 Å². The van der Waals surface area contributed by atoms with Gasteiger partial charge in [-0.15, -0.1) is 11.3 Å². The van der Waals surface area contributed by atoms with Crippen molar-refractivity contribution in [3.63, 3.8) is 0 Å². The fourth-order valence-corrected chi connectivity index (χ4v) is 3.58. The predicted octanol–water partition coefficient (Wildman–Crippen LogP) is 4.59. The van der Waals surface area contributed by atoms with Gasteiger partial charge in [0.05, 0.1) is 25.1 Å². The van der Waals surface area contributed by atoms with Gasteiger partial charge in [-0.25, -0.2) is 0 Å². The first-order valence-corrected chi connectivity index (χ1v) is 9.13. The van der Waals surface area contributed by atoms with Crippen molar-refractivity contribution in [1.82, 2.24) is 5.32 Å². The summed E-state index contributed by atoms with van der Waals surface area (Å²) in [6.07, 6.45) is 0. The van der Waals surface area contributed by atoms with Gasteiger partial charge in [-0.3, -0.25) is 4.79 Å². The molecule has 0 atom stereocenters. The first kappa shape index (κ1) is 18.0. The minimum atomic E-state index is -0.263. The molecule has 2 aromatic carbocycles. The fraction of sp³-hybridized carbons (Fsp3) is 0.190. The molecule has 0 aliphatic rings. The molecule has 1 aromatic heterocycles. The van der Waals surface area contributed by atoms with Crippen molar-refractivity contribution in [3.05, 3.63) is 81.5 Å². The summed E-state index contributed by atoms with van der Waals surface area (Å²) in [4.78, 5) is 13.5. The van der Waals surface area contributed by atoms with Gasteiger partial charge in [-0.2, -0.15) is 0 Å². The van der Waals surface area contributed by atoms with E-state index in [1.807, 2.05) is 66.9 Å². The Hall–Kier alpha value is -2.79. The molecule has 26 heavy (non-hydrogen) atoms. The maximum absolute atomic E-state index is 12.8. The van der Waals surface area contributed by atoms with Crippen LogP contribution < -0.4 is 14.8 Å². The van der Waals surface area contributed by atoms with E-state index in [2.05, 4.69) is 5.32 Å². The average Bonchev–Trinajstić information content (AvgIpc) is 3.12. The zero-order chi connectivity index (χ0) is 18.5. The zero-order valence-corrected chi connectivity index (χ0v) is 15.8. The molecule has 4 nitrogen and oxygen atoms in total. The number of hydrogen-bond acceptors (Lipinski definition) is 4. The lowest BCUT2D eigenvalue weighted by Gasteiger charge is -2.20. The van der Waals surface area contributed by atoms with Gasteiger partial charge in [0.25, 0.3) is 5.91 Å². The minimum absolute atomic E-state index is 0.0749.